The normalized spacial score (nSPS) is 13.3. The number of amides is 2. The summed E-state index contributed by atoms with van der Waals surface area (Å²) in [5.74, 6) is 1.83. The number of rotatable bonds is 8. The van der Waals surface area contributed by atoms with E-state index in [4.69, 9.17) is 9.47 Å². The maximum absolute atomic E-state index is 12.4. The number of anilines is 1. The number of carbonyl (C=O) groups excluding carboxylic acids is 2. The smallest absolute Gasteiger partial charge is 0.286 e. The molecule has 33 heavy (non-hydrogen) atoms. The molecule has 0 saturated carbocycles. The summed E-state index contributed by atoms with van der Waals surface area (Å²) < 4.78 is 11.1. The summed E-state index contributed by atoms with van der Waals surface area (Å²) in [4.78, 5) is 24.7. The number of benzene rings is 2. The van der Waals surface area contributed by atoms with Crippen molar-refractivity contribution >= 4 is 40.6 Å². The molecule has 1 aliphatic rings. The molecule has 1 unspecified atom stereocenters. The second kappa shape index (κ2) is 10.7. The number of hydrogen-bond acceptors (Lipinski definition) is 8. The molecule has 0 bridgehead atoms. The average Bonchev–Trinajstić information content (AvgIpc) is 3.29. The highest BCUT2D eigenvalue weighted by Crippen LogP contribution is 2.32. The number of nitrogens with one attached hydrogen (secondary N) is 2. The van der Waals surface area contributed by atoms with Crippen molar-refractivity contribution in [3.63, 3.8) is 0 Å². The molecule has 3 aromatic rings. The van der Waals surface area contributed by atoms with Crippen LogP contribution in [0.5, 0.6) is 11.5 Å². The van der Waals surface area contributed by atoms with Crippen molar-refractivity contribution in [2.45, 2.75) is 25.6 Å². The summed E-state index contributed by atoms with van der Waals surface area (Å²) in [5, 5.41) is 14.8. The van der Waals surface area contributed by atoms with Gasteiger partial charge in [-0.05, 0) is 43.7 Å². The van der Waals surface area contributed by atoms with Crippen LogP contribution >= 0.6 is 23.1 Å². The molecule has 0 fully saturated rings. The van der Waals surface area contributed by atoms with Gasteiger partial charge in [-0.15, -0.1) is 22.0 Å². The maximum Gasteiger partial charge on any atom is 0.286 e. The first-order chi connectivity index (χ1) is 16.0. The molecule has 2 aromatic carbocycles. The van der Waals surface area contributed by atoms with Crippen LogP contribution in [-0.4, -0.2) is 41.0 Å². The molecule has 1 atom stereocenters. The van der Waals surface area contributed by atoms with E-state index in [2.05, 4.69) is 20.8 Å². The molecule has 2 heterocycles. The van der Waals surface area contributed by atoms with Gasteiger partial charge in [0, 0.05) is 11.4 Å². The lowest BCUT2D eigenvalue weighted by molar-refractivity contribution is -0.119. The Balaban J connectivity index is 1.22. The molecule has 1 aliphatic heterocycles. The van der Waals surface area contributed by atoms with Crippen molar-refractivity contribution in [1.29, 1.82) is 0 Å². The zero-order chi connectivity index (χ0) is 23.2. The molecule has 2 amide bonds. The first-order valence-corrected chi connectivity index (χ1v) is 12.4. The highest BCUT2D eigenvalue weighted by atomic mass is 32.2. The zero-order valence-electron chi connectivity index (χ0n) is 18.3. The molecule has 4 rings (SSSR count). The van der Waals surface area contributed by atoms with E-state index in [0.717, 1.165) is 16.9 Å². The van der Waals surface area contributed by atoms with Crippen molar-refractivity contribution in [2.24, 2.45) is 0 Å². The van der Waals surface area contributed by atoms with Crippen LogP contribution in [0.1, 0.15) is 38.9 Å². The first-order valence-electron chi connectivity index (χ1n) is 10.4. The fourth-order valence-electron chi connectivity index (χ4n) is 3.15. The van der Waals surface area contributed by atoms with Gasteiger partial charge in [0.1, 0.15) is 18.2 Å². The molecule has 8 nitrogen and oxygen atoms in total. The molecule has 0 aliphatic carbocycles. The summed E-state index contributed by atoms with van der Waals surface area (Å²) in [7, 11) is 0. The summed E-state index contributed by atoms with van der Waals surface area (Å²) in [5.41, 5.74) is 2.78. The Morgan fingerprint density at radius 3 is 2.64 bits per heavy atom. The maximum atomic E-state index is 12.4. The molecule has 1 aromatic heterocycles. The number of fused-ring (bicyclic) bond motifs is 1. The fraction of sp³-hybridized carbons (Fsp3) is 0.304. The predicted molar refractivity (Wildman–Crippen MR) is 129 cm³/mol. The predicted octanol–water partition coefficient (Wildman–Crippen LogP) is 3.98. The average molecular weight is 485 g/mol. The van der Waals surface area contributed by atoms with Crippen LogP contribution in [0.15, 0.2) is 42.5 Å². The number of hydrogen-bond donors (Lipinski definition) is 2. The standard InChI is InChI=1S/C23H24N4O4S2/c1-14-3-6-17(7-4-14)25-22(29)23-27-26-21(33-23)13-32-12-20(28)24-15(2)16-5-8-18-19(11-16)31-10-9-30-18/h3-8,11,15H,9-10,12-13H2,1-2H3,(H,24,28)(H,25,29). The van der Waals surface area contributed by atoms with Crippen LogP contribution in [0.2, 0.25) is 0 Å². The number of thioether (sulfide) groups is 1. The van der Waals surface area contributed by atoms with E-state index in [1.54, 1.807) is 0 Å². The van der Waals surface area contributed by atoms with Gasteiger partial charge in [-0.3, -0.25) is 9.59 Å². The lowest BCUT2D eigenvalue weighted by Gasteiger charge is -2.21. The summed E-state index contributed by atoms with van der Waals surface area (Å²) in [6.45, 7) is 4.98. The van der Waals surface area contributed by atoms with Gasteiger partial charge < -0.3 is 20.1 Å². The molecule has 2 N–H and O–H groups in total. The highest BCUT2D eigenvalue weighted by Gasteiger charge is 2.17. The molecule has 0 radical (unpaired) electrons. The van der Waals surface area contributed by atoms with Crippen LogP contribution < -0.4 is 20.1 Å². The molecule has 0 spiro atoms. The van der Waals surface area contributed by atoms with E-state index in [-0.39, 0.29) is 23.6 Å². The van der Waals surface area contributed by atoms with Gasteiger partial charge in [-0.2, -0.15) is 0 Å². The van der Waals surface area contributed by atoms with E-state index in [1.807, 2.05) is 56.3 Å². The van der Waals surface area contributed by atoms with Crippen molar-refractivity contribution < 1.29 is 19.1 Å². The summed E-state index contributed by atoms with van der Waals surface area (Å²) in [6, 6.07) is 13.1. The molecule has 0 saturated heterocycles. The zero-order valence-corrected chi connectivity index (χ0v) is 19.9. The van der Waals surface area contributed by atoms with Gasteiger partial charge in [0.2, 0.25) is 10.9 Å². The van der Waals surface area contributed by atoms with Crippen molar-refractivity contribution in [1.82, 2.24) is 15.5 Å². The van der Waals surface area contributed by atoms with Crippen LogP contribution in [0.25, 0.3) is 0 Å². The summed E-state index contributed by atoms with van der Waals surface area (Å²) in [6.07, 6.45) is 0. The van der Waals surface area contributed by atoms with Crippen LogP contribution in [0.4, 0.5) is 5.69 Å². The van der Waals surface area contributed by atoms with Crippen molar-refractivity contribution in [3.05, 3.63) is 63.6 Å². The lowest BCUT2D eigenvalue weighted by atomic mass is 10.1. The molecular formula is C23H24N4O4S2. The van der Waals surface area contributed by atoms with E-state index in [0.29, 0.717) is 40.4 Å². The quantitative estimate of drug-likeness (QED) is 0.499. The Morgan fingerprint density at radius 2 is 1.85 bits per heavy atom. The topological polar surface area (TPSA) is 102 Å². The Labute approximate surface area is 200 Å². The second-order valence-corrected chi connectivity index (χ2v) is 9.55. The highest BCUT2D eigenvalue weighted by molar-refractivity contribution is 7.99. The van der Waals surface area contributed by atoms with Gasteiger partial charge in [0.15, 0.2) is 11.5 Å². The third kappa shape index (κ3) is 6.23. The largest absolute Gasteiger partial charge is 0.486 e. The van der Waals surface area contributed by atoms with E-state index in [1.165, 1.54) is 23.1 Å². The molecular weight excluding hydrogens is 460 g/mol. The van der Waals surface area contributed by atoms with Gasteiger partial charge in [0.25, 0.3) is 5.91 Å². The minimum atomic E-state index is -0.293. The minimum absolute atomic E-state index is 0.0794. The Kier molecular flexibility index (Phi) is 7.46. The van der Waals surface area contributed by atoms with Gasteiger partial charge in [-0.25, -0.2) is 0 Å². The number of aryl methyl sites for hydroxylation is 1. The monoisotopic (exact) mass is 484 g/mol. The minimum Gasteiger partial charge on any atom is -0.486 e. The number of aromatic nitrogens is 2. The number of nitrogens with zero attached hydrogens (tertiary/aromatic N) is 2. The Hall–Kier alpha value is -3.11. The molecule has 172 valence electrons. The van der Waals surface area contributed by atoms with E-state index in [9.17, 15) is 9.59 Å². The van der Waals surface area contributed by atoms with E-state index < -0.39 is 0 Å². The Bertz CT molecular complexity index is 1130. The van der Waals surface area contributed by atoms with Crippen LogP contribution in [0.3, 0.4) is 0 Å². The van der Waals surface area contributed by atoms with Crippen molar-refractivity contribution in [2.75, 3.05) is 24.3 Å². The van der Waals surface area contributed by atoms with Crippen molar-refractivity contribution in [3.8, 4) is 11.5 Å². The molecule has 10 heteroatoms. The second-order valence-electron chi connectivity index (χ2n) is 7.51. The summed E-state index contributed by atoms with van der Waals surface area (Å²) >= 11 is 2.65. The third-order valence-corrected chi connectivity index (χ3v) is 6.92. The lowest BCUT2D eigenvalue weighted by Crippen LogP contribution is -2.28. The van der Waals surface area contributed by atoms with Crippen LogP contribution in [0, 0.1) is 6.92 Å². The number of ether oxygens (including phenoxy) is 2. The van der Waals surface area contributed by atoms with Gasteiger partial charge in [0.05, 0.1) is 11.8 Å². The number of carbonyl (C=O) groups is 2. The van der Waals surface area contributed by atoms with E-state index >= 15 is 0 Å². The fourth-order valence-corrected chi connectivity index (χ4v) is 4.77. The Morgan fingerprint density at radius 1 is 1.09 bits per heavy atom. The van der Waals surface area contributed by atoms with Gasteiger partial charge >= 0.3 is 0 Å². The first kappa shape index (κ1) is 23.1. The third-order valence-electron chi connectivity index (χ3n) is 4.87. The van der Waals surface area contributed by atoms with Gasteiger partial charge in [-0.1, -0.05) is 35.1 Å². The van der Waals surface area contributed by atoms with Crippen LogP contribution in [-0.2, 0) is 10.5 Å². The SMILES string of the molecule is Cc1ccc(NC(=O)c2nnc(CSCC(=O)NC(C)c3ccc4c(c3)OCCO4)s2)cc1.